The highest BCUT2D eigenvalue weighted by atomic mass is 14.9. The minimum Gasteiger partial charge on any atom is -0.397 e. The minimum atomic E-state index is 0.888. The molecule has 1 aromatic carbocycles. The van der Waals surface area contributed by atoms with Crippen molar-refractivity contribution in [1.82, 2.24) is 0 Å². The fourth-order valence-corrected chi connectivity index (χ4v) is 5.42. The molecule has 5 rings (SSSR count). The third-order valence-electron chi connectivity index (χ3n) is 6.16. The number of nitrogens with two attached hydrogens (primary N) is 1. The molecule has 4 fully saturated rings. The molecular formula is C18H26N2. The lowest BCUT2D eigenvalue weighted by atomic mass is 9.52. The zero-order chi connectivity index (χ0) is 13.7. The molecule has 0 aromatic heterocycles. The zero-order valence-corrected chi connectivity index (χ0v) is 12.4. The van der Waals surface area contributed by atoms with Gasteiger partial charge in [-0.2, -0.15) is 0 Å². The molecule has 4 saturated carbocycles. The Morgan fingerprint density at radius 2 is 1.70 bits per heavy atom. The fourth-order valence-electron chi connectivity index (χ4n) is 5.42. The van der Waals surface area contributed by atoms with Gasteiger partial charge in [-0.15, -0.1) is 0 Å². The molecule has 0 spiro atoms. The number of aryl methyl sites for hydroxylation is 1. The van der Waals surface area contributed by atoms with Crippen molar-refractivity contribution in [3.8, 4) is 0 Å². The van der Waals surface area contributed by atoms with Crippen LogP contribution in [0.5, 0.6) is 0 Å². The van der Waals surface area contributed by atoms with E-state index in [9.17, 15) is 0 Å². The summed E-state index contributed by atoms with van der Waals surface area (Å²) in [5.41, 5.74) is 9.40. The van der Waals surface area contributed by atoms with E-state index in [1.165, 1.54) is 37.7 Å². The summed E-state index contributed by atoms with van der Waals surface area (Å²) < 4.78 is 0. The quantitative estimate of drug-likeness (QED) is 0.813. The van der Waals surface area contributed by atoms with Crippen molar-refractivity contribution in [2.45, 2.75) is 39.0 Å². The van der Waals surface area contributed by atoms with Gasteiger partial charge in [-0.1, -0.05) is 6.07 Å². The summed E-state index contributed by atoms with van der Waals surface area (Å²) in [5.74, 6) is 5.01. The minimum absolute atomic E-state index is 0.888. The smallest absolute Gasteiger partial charge is 0.0576 e. The molecule has 2 heteroatoms. The van der Waals surface area contributed by atoms with Crippen LogP contribution in [-0.2, 0) is 0 Å². The monoisotopic (exact) mass is 270 g/mol. The van der Waals surface area contributed by atoms with E-state index < -0.39 is 0 Å². The highest BCUT2D eigenvalue weighted by molar-refractivity contribution is 5.66. The van der Waals surface area contributed by atoms with Crippen LogP contribution in [0.4, 0.5) is 11.4 Å². The zero-order valence-electron chi connectivity index (χ0n) is 12.4. The third kappa shape index (κ3) is 2.10. The molecule has 0 saturated heterocycles. The van der Waals surface area contributed by atoms with Crippen molar-refractivity contribution < 1.29 is 0 Å². The Bertz CT molecular complexity index is 480. The molecule has 2 nitrogen and oxygen atoms in total. The van der Waals surface area contributed by atoms with Crippen LogP contribution in [0.15, 0.2) is 18.2 Å². The molecule has 0 atom stereocenters. The first kappa shape index (κ1) is 12.6. The Morgan fingerprint density at radius 1 is 1.05 bits per heavy atom. The lowest BCUT2D eigenvalue weighted by Crippen LogP contribution is -2.47. The lowest BCUT2D eigenvalue weighted by Gasteiger charge is -2.54. The molecule has 0 amide bonds. The van der Waals surface area contributed by atoms with Crippen LogP contribution < -0.4 is 11.1 Å². The average molecular weight is 270 g/mol. The number of nitrogens with one attached hydrogen (secondary N) is 1. The number of rotatable bonds is 3. The third-order valence-corrected chi connectivity index (χ3v) is 6.16. The van der Waals surface area contributed by atoms with E-state index in [1.807, 2.05) is 6.07 Å². The van der Waals surface area contributed by atoms with Crippen LogP contribution in [0.2, 0.25) is 0 Å². The first-order chi connectivity index (χ1) is 9.69. The first-order valence-electron chi connectivity index (χ1n) is 8.29. The normalized spacial score (nSPS) is 38.1. The van der Waals surface area contributed by atoms with Gasteiger partial charge in [-0.05, 0) is 86.3 Å². The SMILES string of the molecule is Cc1ccc(N)c(NCC2C3CC4CC(C3)CC2C4)c1. The number of hydrogen-bond acceptors (Lipinski definition) is 2. The van der Waals surface area contributed by atoms with Gasteiger partial charge >= 0.3 is 0 Å². The number of hydrogen-bond donors (Lipinski definition) is 2. The predicted molar refractivity (Wildman–Crippen MR) is 84.6 cm³/mol. The maximum absolute atomic E-state index is 6.09. The van der Waals surface area contributed by atoms with Gasteiger partial charge in [0.25, 0.3) is 0 Å². The summed E-state index contributed by atoms with van der Waals surface area (Å²) in [4.78, 5) is 0. The number of nitrogen functional groups attached to an aromatic ring is 1. The van der Waals surface area contributed by atoms with Gasteiger partial charge in [0.1, 0.15) is 0 Å². The summed E-state index contributed by atoms with van der Waals surface area (Å²) >= 11 is 0. The van der Waals surface area contributed by atoms with E-state index in [0.29, 0.717) is 0 Å². The van der Waals surface area contributed by atoms with Crippen molar-refractivity contribution in [2.24, 2.45) is 29.6 Å². The van der Waals surface area contributed by atoms with Crippen LogP contribution in [0.1, 0.15) is 37.7 Å². The number of anilines is 2. The second-order valence-electron chi connectivity index (χ2n) is 7.57. The van der Waals surface area contributed by atoms with Gasteiger partial charge in [-0.25, -0.2) is 0 Å². The molecule has 1 aromatic rings. The second kappa shape index (κ2) is 4.68. The molecular weight excluding hydrogens is 244 g/mol. The first-order valence-corrected chi connectivity index (χ1v) is 8.29. The van der Waals surface area contributed by atoms with Gasteiger partial charge < -0.3 is 11.1 Å². The van der Waals surface area contributed by atoms with Crippen LogP contribution in [0, 0.1) is 36.5 Å². The highest BCUT2D eigenvalue weighted by Gasteiger charge is 2.47. The van der Waals surface area contributed by atoms with Crippen molar-refractivity contribution in [2.75, 3.05) is 17.6 Å². The number of benzene rings is 1. The predicted octanol–water partition coefficient (Wildman–Crippen LogP) is 4.06. The molecule has 0 aliphatic heterocycles. The molecule has 20 heavy (non-hydrogen) atoms. The Hall–Kier alpha value is -1.18. The maximum atomic E-state index is 6.09. The van der Waals surface area contributed by atoms with Gasteiger partial charge in [0.05, 0.1) is 11.4 Å². The Kier molecular flexibility index (Phi) is 2.94. The maximum Gasteiger partial charge on any atom is 0.0576 e. The van der Waals surface area contributed by atoms with Crippen LogP contribution in [-0.4, -0.2) is 6.54 Å². The summed E-state index contributed by atoms with van der Waals surface area (Å²) in [7, 11) is 0. The Balaban J connectivity index is 1.46. The lowest BCUT2D eigenvalue weighted by molar-refractivity contribution is -0.0305. The van der Waals surface area contributed by atoms with Crippen LogP contribution in [0.25, 0.3) is 0 Å². The van der Waals surface area contributed by atoms with Gasteiger partial charge in [-0.3, -0.25) is 0 Å². The van der Waals surface area contributed by atoms with Crippen molar-refractivity contribution >= 4 is 11.4 Å². The van der Waals surface area contributed by atoms with E-state index in [0.717, 1.165) is 47.5 Å². The molecule has 3 N–H and O–H groups in total. The van der Waals surface area contributed by atoms with E-state index in [2.05, 4.69) is 24.4 Å². The topological polar surface area (TPSA) is 38.0 Å². The second-order valence-corrected chi connectivity index (χ2v) is 7.57. The summed E-state index contributed by atoms with van der Waals surface area (Å²) in [6.45, 7) is 3.26. The standard InChI is InChI=1S/C18H26N2/c1-11-2-3-17(19)18(4-11)20-10-16-14-6-12-5-13(8-14)9-15(16)7-12/h2-4,12-16,20H,5-10,19H2,1H3. The molecule has 4 aliphatic rings. The van der Waals surface area contributed by atoms with Gasteiger partial charge in [0.2, 0.25) is 0 Å². The van der Waals surface area contributed by atoms with Crippen LogP contribution >= 0.6 is 0 Å². The van der Waals surface area contributed by atoms with Crippen molar-refractivity contribution in [3.05, 3.63) is 23.8 Å². The van der Waals surface area contributed by atoms with Crippen LogP contribution in [0.3, 0.4) is 0 Å². The molecule has 4 aliphatic carbocycles. The molecule has 4 bridgehead atoms. The highest BCUT2D eigenvalue weighted by Crippen LogP contribution is 2.56. The summed E-state index contributed by atoms with van der Waals surface area (Å²) in [5, 5.41) is 3.66. The molecule has 0 heterocycles. The average Bonchev–Trinajstić information content (AvgIpc) is 2.41. The van der Waals surface area contributed by atoms with E-state index >= 15 is 0 Å². The van der Waals surface area contributed by atoms with Crippen molar-refractivity contribution in [3.63, 3.8) is 0 Å². The van der Waals surface area contributed by atoms with E-state index in [-0.39, 0.29) is 0 Å². The van der Waals surface area contributed by atoms with Gasteiger partial charge in [0, 0.05) is 6.54 Å². The summed E-state index contributed by atoms with van der Waals surface area (Å²) in [6, 6.07) is 6.29. The molecule has 0 unspecified atom stereocenters. The van der Waals surface area contributed by atoms with E-state index in [4.69, 9.17) is 5.73 Å². The van der Waals surface area contributed by atoms with Crippen molar-refractivity contribution in [1.29, 1.82) is 0 Å². The fraction of sp³-hybridized carbons (Fsp3) is 0.667. The largest absolute Gasteiger partial charge is 0.397 e. The summed E-state index contributed by atoms with van der Waals surface area (Å²) in [6.07, 6.45) is 7.55. The molecule has 108 valence electrons. The Labute approximate surface area is 122 Å². The van der Waals surface area contributed by atoms with Gasteiger partial charge in [0.15, 0.2) is 0 Å². The Morgan fingerprint density at radius 3 is 2.35 bits per heavy atom. The van der Waals surface area contributed by atoms with E-state index in [1.54, 1.807) is 0 Å². The molecule has 0 radical (unpaired) electrons.